The Morgan fingerprint density at radius 1 is 1.33 bits per heavy atom. The van der Waals surface area contributed by atoms with Gasteiger partial charge in [0.05, 0.1) is 5.02 Å². The van der Waals surface area contributed by atoms with Crippen molar-refractivity contribution in [3.05, 3.63) is 59.1 Å². The second kappa shape index (κ2) is 8.40. The quantitative estimate of drug-likeness (QED) is 0.870. The van der Waals surface area contributed by atoms with E-state index in [9.17, 15) is 14.0 Å². The van der Waals surface area contributed by atoms with Gasteiger partial charge in [0.2, 0.25) is 11.8 Å². The molecule has 126 valence electrons. The van der Waals surface area contributed by atoms with Crippen molar-refractivity contribution in [2.75, 3.05) is 11.9 Å². The SMILES string of the molecule is CC(=O)N(CCC(=O)Nc1ccc(F)c(Cl)c1)Cc1cccnc1. The van der Waals surface area contributed by atoms with Gasteiger partial charge in [-0.05, 0) is 29.8 Å². The molecule has 0 spiro atoms. The van der Waals surface area contributed by atoms with Crippen molar-refractivity contribution in [2.24, 2.45) is 0 Å². The van der Waals surface area contributed by atoms with Crippen LogP contribution in [0.5, 0.6) is 0 Å². The van der Waals surface area contributed by atoms with Gasteiger partial charge in [0, 0.05) is 44.5 Å². The zero-order valence-electron chi connectivity index (χ0n) is 13.1. The van der Waals surface area contributed by atoms with Crippen molar-refractivity contribution in [1.29, 1.82) is 0 Å². The van der Waals surface area contributed by atoms with Gasteiger partial charge in [-0.3, -0.25) is 14.6 Å². The molecule has 0 atom stereocenters. The van der Waals surface area contributed by atoms with Gasteiger partial charge < -0.3 is 10.2 Å². The van der Waals surface area contributed by atoms with E-state index < -0.39 is 5.82 Å². The number of carbonyl (C=O) groups is 2. The Labute approximate surface area is 144 Å². The van der Waals surface area contributed by atoms with E-state index in [2.05, 4.69) is 10.3 Å². The Bertz CT molecular complexity index is 725. The van der Waals surface area contributed by atoms with E-state index in [0.29, 0.717) is 12.2 Å². The lowest BCUT2D eigenvalue weighted by atomic mass is 10.2. The topological polar surface area (TPSA) is 62.3 Å². The molecule has 5 nitrogen and oxygen atoms in total. The molecule has 0 aliphatic heterocycles. The monoisotopic (exact) mass is 349 g/mol. The lowest BCUT2D eigenvalue weighted by molar-refractivity contribution is -0.129. The molecule has 1 aromatic heterocycles. The smallest absolute Gasteiger partial charge is 0.226 e. The fourth-order valence-corrected chi connectivity index (χ4v) is 2.27. The first-order valence-electron chi connectivity index (χ1n) is 7.35. The maximum atomic E-state index is 13.1. The molecular weight excluding hydrogens is 333 g/mol. The average Bonchev–Trinajstić information content (AvgIpc) is 2.55. The molecule has 24 heavy (non-hydrogen) atoms. The molecule has 0 aliphatic rings. The standard InChI is InChI=1S/C17H17ClFN3O2/c1-12(23)22(11-13-3-2-7-20-10-13)8-6-17(24)21-14-4-5-16(19)15(18)9-14/h2-5,7,9-10H,6,8,11H2,1H3,(H,21,24). The van der Waals surface area contributed by atoms with E-state index in [4.69, 9.17) is 11.6 Å². The molecule has 0 radical (unpaired) electrons. The number of rotatable bonds is 6. The largest absolute Gasteiger partial charge is 0.338 e. The summed E-state index contributed by atoms with van der Waals surface area (Å²) in [6, 6.07) is 7.61. The van der Waals surface area contributed by atoms with E-state index in [1.54, 1.807) is 23.4 Å². The van der Waals surface area contributed by atoms with Crippen LogP contribution in [0.3, 0.4) is 0 Å². The third-order valence-electron chi connectivity index (χ3n) is 3.35. The van der Waals surface area contributed by atoms with Gasteiger partial charge in [0.1, 0.15) is 5.82 Å². The normalized spacial score (nSPS) is 10.3. The van der Waals surface area contributed by atoms with Crippen LogP contribution in [-0.4, -0.2) is 28.2 Å². The number of anilines is 1. The molecule has 1 heterocycles. The molecular formula is C17H17ClFN3O2. The van der Waals surface area contributed by atoms with Crippen LogP contribution in [0, 0.1) is 5.82 Å². The number of hydrogen-bond acceptors (Lipinski definition) is 3. The van der Waals surface area contributed by atoms with Crippen molar-refractivity contribution in [3.63, 3.8) is 0 Å². The molecule has 2 amide bonds. The molecule has 0 aliphatic carbocycles. The van der Waals surface area contributed by atoms with Crippen LogP contribution >= 0.6 is 11.6 Å². The van der Waals surface area contributed by atoms with Gasteiger partial charge in [-0.1, -0.05) is 17.7 Å². The zero-order valence-corrected chi connectivity index (χ0v) is 13.9. The van der Waals surface area contributed by atoms with Crippen LogP contribution in [0.15, 0.2) is 42.7 Å². The molecule has 1 N–H and O–H groups in total. The summed E-state index contributed by atoms with van der Waals surface area (Å²) in [7, 11) is 0. The number of benzene rings is 1. The number of hydrogen-bond donors (Lipinski definition) is 1. The fraction of sp³-hybridized carbons (Fsp3) is 0.235. The van der Waals surface area contributed by atoms with Crippen LogP contribution in [0.25, 0.3) is 0 Å². The average molecular weight is 350 g/mol. The highest BCUT2D eigenvalue weighted by Gasteiger charge is 2.12. The Morgan fingerprint density at radius 3 is 2.75 bits per heavy atom. The first-order chi connectivity index (χ1) is 11.5. The predicted molar refractivity (Wildman–Crippen MR) is 90.0 cm³/mol. The Hall–Kier alpha value is -2.47. The van der Waals surface area contributed by atoms with E-state index in [0.717, 1.165) is 5.56 Å². The summed E-state index contributed by atoms with van der Waals surface area (Å²) in [5, 5.41) is 2.57. The molecule has 0 fully saturated rings. The molecule has 2 rings (SSSR count). The van der Waals surface area contributed by atoms with Crippen LogP contribution in [0.4, 0.5) is 10.1 Å². The van der Waals surface area contributed by atoms with Gasteiger partial charge >= 0.3 is 0 Å². The predicted octanol–water partition coefficient (Wildman–Crippen LogP) is 3.25. The number of aromatic nitrogens is 1. The van der Waals surface area contributed by atoms with E-state index in [-0.39, 0.29) is 29.8 Å². The third-order valence-corrected chi connectivity index (χ3v) is 3.64. The Kier molecular flexibility index (Phi) is 6.26. The highest BCUT2D eigenvalue weighted by atomic mass is 35.5. The highest BCUT2D eigenvalue weighted by molar-refractivity contribution is 6.31. The van der Waals surface area contributed by atoms with Crippen LogP contribution in [-0.2, 0) is 16.1 Å². The lowest BCUT2D eigenvalue weighted by Crippen LogP contribution is -2.31. The van der Waals surface area contributed by atoms with Crippen molar-refractivity contribution in [3.8, 4) is 0 Å². The van der Waals surface area contributed by atoms with Crippen molar-refractivity contribution in [1.82, 2.24) is 9.88 Å². The molecule has 2 aromatic rings. The summed E-state index contributed by atoms with van der Waals surface area (Å²) in [6.45, 7) is 2.11. The third kappa shape index (κ3) is 5.31. The molecule has 0 saturated carbocycles. The summed E-state index contributed by atoms with van der Waals surface area (Å²) >= 11 is 5.67. The number of nitrogens with one attached hydrogen (secondary N) is 1. The number of pyridine rings is 1. The van der Waals surface area contributed by atoms with Gasteiger partial charge in [0.25, 0.3) is 0 Å². The minimum Gasteiger partial charge on any atom is -0.338 e. The summed E-state index contributed by atoms with van der Waals surface area (Å²) in [5.41, 5.74) is 1.30. The van der Waals surface area contributed by atoms with E-state index >= 15 is 0 Å². The van der Waals surface area contributed by atoms with E-state index in [1.807, 2.05) is 6.07 Å². The van der Waals surface area contributed by atoms with Crippen LogP contribution < -0.4 is 5.32 Å². The fourth-order valence-electron chi connectivity index (χ4n) is 2.09. The first kappa shape index (κ1) is 17.9. The minimum absolute atomic E-state index is 0.0604. The van der Waals surface area contributed by atoms with Crippen molar-refractivity contribution in [2.45, 2.75) is 19.9 Å². The van der Waals surface area contributed by atoms with Gasteiger partial charge in [0.15, 0.2) is 0 Å². The summed E-state index contributed by atoms with van der Waals surface area (Å²) in [5.74, 6) is -0.958. The maximum absolute atomic E-state index is 13.1. The molecule has 1 aromatic carbocycles. The molecule has 0 bridgehead atoms. The van der Waals surface area contributed by atoms with Crippen LogP contribution in [0.1, 0.15) is 18.9 Å². The summed E-state index contributed by atoms with van der Waals surface area (Å²) < 4.78 is 13.1. The highest BCUT2D eigenvalue weighted by Crippen LogP contribution is 2.19. The van der Waals surface area contributed by atoms with E-state index in [1.165, 1.54) is 25.1 Å². The molecule has 0 unspecified atom stereocenters. The van der Waals surface area contributed by atoms with Crippen molar-refractivity contribution >= 4 is 29.1 Å². The maximum Gasteiger partial charge on any atom is 0.226 e. The number of halogens is 2. The van der Waals surface area contributed by atoms with Gasteiger partial charge in [-0.25, -0.2) is 4.39 Å². The van der Waals surface area contributed by atoms with Gasteiger partial charge in [-0.15, -0.1) is 0 Å². The van der Waals surface area contributed by atoms with Gasteiger partial charge in [-0.2, -0.15) is 0 Å². The first-order valence-corrected chi connectivity index (χ1v) is 7.73. The molecule has 7 heteroatoms. The minimum atomic E-state index is -0.547. The molecule has 0 saturated heterocycles. The summed E-state index contributed by atoms with van der Waals surface area (Å²) in [6.07, 6.45) is 3.45. The van der Waals surface area contributed by atoms with Crippen LogP contribution in [0.2, 0.25) is 5.02 Å². The van der Waals surface area contributed by atoms with Crippen molar-refractivity contribution < 1.29 is 14.0 Å². The Morgan fingerprint density at radius 2 is 2.12 bits per heavy atom. The number of amides is 2. The summed E-state index contributed by atoms with van der Waals surface area (Å²) in [4.78, 5) is 29.3. The Balaban J connectivity index is 1.90. The second-order valence-corrected chi connectivity index (χ2v) is 5.64. The number of nitrogens with zero attached hydrogens (tertiary/aromatic N) is 2. The second-order valence-electron chi connectivity index (χ2n) is 5.23. The zero-order chi connectivity index (χ0) is 17.5. The number of carbonyl (C=O) groups excluding carboxylic acids is 2. The lowest BCUT2D eigenvalue weighted by Gasteiger charge is -2.20.